The van der Waals surface area contributed by atoms with Crippen molar-refractivity contribution in [3.8, 4) is 0 Å². The van der Waals surface area contributed by atoms with Gasteiger partial charge >= 0.3 is 11.9 Å². The highest BCUT2D eigenvalue weighted by Crippen LogP contribution is 2.09. The zero-order valence-electron chi connectivity index (χ0n) is 19.8. The maximum Gasteiger partial charge on any atom is 0.326 e. The normalized spacial score (nSPS) is 14.6. The first-order valence-corrected chi connectivity index (χ1v) is 11.0. The van der Waals surface area contributed by atoms with Crippen LogP contribution in [0.3, 0.4) is 0 Å². The van der Waals surface area contributed by atoms with E-state index in [9.17, 15) is 29.1 Å². The highest BCUT2D eigenvalue weighted by atomic mass is 16.4. The number of carboxylic acid groups (broad SMARTS) is 2. The van der Waals surface area contributed by atoms with Crippen LogP contribution in [-0.2, 0) is 30.4 Å². The molecule has 4 unspecified atom stereocenters. The molecule has 7 N–H and O–H groups in total. The number of rotatable bonds is 13. The molecule has 188 valence electrons. The van der Waals surface area contributed by atoms with Crippen LogP contribution < -0.4 is 21.7 Å². The Bertz CT molecular complexity index is 873. The molecule has 0 spiro atoms. The zero-order valence-corrected chi connectivity index (χ0v) is 19.8. The van der Waals surface area contributed by atoms with E-state index < -0.39 is 60.2 Å². The lowest BCUT2D eigenvalue weighted by Crippen LogP contribution is -2.59. The molecule has 11 heteroatoms. The lowest BCUT2D eigenvalue weighted by atomic mass is 9.99. The number of nitrogens with one attached hydrogen (secondary N) is 3. The highest BCUT2D eigenvalue weighted by Gasteiger charge is 2.32. The second-order valence-electron chi connectivity index (χ2n) is 8.75. The van der Waals surface area contributed by atoms with Crippen molar-refractivity contribution in [1.82, 2.24) is 16.0 Å². The van der Waals surface area contributed by atoms with Crippen LogP contribution in [0.1, 0.15) is 39.7 Å². The summed E-state index contributed by atoms with van der Waals surface area (Å²) in [6.45, 7) is 6.96. The summed E-state index contributed by atoms with van der Waals surface area (Å²) in [6.07, 6.45) is -0.813. The van der Waals surface area contributed by atoms with Gasteiger partial charge in [-0.25, -0.2) is 4.79 Å². The van der Waals surface area contributed by atoms with Gasteiger partial charge in [0.25, 0.3) is 0 Å². The molecule has 4 atom stereocenters. The first kappa shape index (κ1) is 28.6. The molecule has 1 aromatic carbocycles. The number of amides is 3. The molecule has 1 rings (SSSR count). The van der Waals surface area contributed by atoms with Gasteiger partial charge in [0.05, 0.1) is 12.5 Å². The van der Waals surface area contributed by atoms with E-state index in [1.165, 1.54) is 0 Å². The third-order valence-corrected chi connectivity index (χ3v) is 5.18. The summed E-state index contributed by atoms with van der Waals surface area (Å²) in [7, 11) is 0. The molecule has 0 aliphatic heterocycles. The van der Waals surface area contributed by atoms with Crippen molar-refractivity contribution in [3.63, 3.8) is 0 Å². The predicted molar refractivity (Wildman–Crippen MR) is 123 cm³/mol. The van der Waals surface area contributed by atoms with E-state index in [1.54, 1.807) is 58.0 Å². The number of nitrogens with two attached hydrogens (primary N) is 1. The summed E-state index contributed by atoms with van der Waals surface area (Å²) in [4.78, 5) is 60.7. The quantitative estimate of drug-likeness (QED) is 0.226. The first-order valence-electron chi connectivity index (χ1n) is 11.0. The minimum Gasteiger partial charge on any atom is -0.481 e. The summed E-state index contributed by atoms with van der Waals surface area (Å²) in [6, 6.07) is 3.97. The van der Waals surface area contributed by atoms with Crippen molar-refractivity contribution in [2.24, 2.45) is 17.6 Å². The van der Waals surface area contributed by atoms with Crippen LogP contribution in [0.4, 0.5) is 0 Å². The third kappa shape index (κ3) is 9.18. The minimum absolute atomic E-state index is 0.0160. The molecule has 0 radical (unpaired) electrons. The second kappa shape index (κ2) is 13.3. The number of carboxylic acids is 2. The van der Waals surface area contributed by atoms with Crippen molar-refractivity contribution >= 4 is 29.7 Å². The minimum atomic E-state index is -1.68. The molecule has 0 bridgehead atoms. The average Bonchev–Trinajstić information content (AvgIpc) is 2.75. The summed E-state index contributed by atoms with van der Waals surface area (Å²) in [5, 5.41) is 25.5. The molecule has 34 heavy (non-hydrogen) atoms. The number of hydrogen-bond acceptors (Lipinski definition) is 6. The molecule has 0 aromatic heterocycles. The third-order valence-electron chi connectivity index (χ3n) is 5.18. The van der Waals surface area contributed by atoms with Gasteiger partial charge in [0.2, 0.25) is 17.7 Å². The molecule has 11 nitrogen and oxygen atoms in total. The number of benzene rings is 1. The lowest BCUT2D eigenvalue weighted by molar-refractivity contribution is -0.147. The van der Waals surface area contributed by atoms with Crippen LogP contribution in [0, 0.1) is 11.8 Å². The van der Waals surface area contributed by atoms with Gasteiger partial charge in [0, 0.05) is 6.42 Å². The molecule has 0 saturated heterocycles. The van der Waals surface area contributed by atoms with Crippen molar-refractivity contribution in [1.29, 1.82) is 0 Å². The van der Waals surface area contributed by atoms with Crippen LogP contribution in [0.5, 0.6) is 0 Å². The molecular formula is C23H34N4O7. The van der Waals surface area contributed by atoms with Crippen molar-refractivity contribution in [2.45, 2.75) is 64.7 Å². The van der Waals surface area contributed by atoms with E-state index in [0.717, 1.165) is 0 Å². The number of aliphatic carboxylic acids is 2. The van der Waals surface area contributed by atoms with E-state index in [4.69, 9.17) is 10.8 Å². The molecule has 0 aliphatic carbocycles. The fourth-order valence-electron chi connectivity index (χ4n) is 3.05. The molecule has 3 amide bonds. The Labute approximate surface area is 198 Å². The van der Waals surface area contributed by atoms with E-state index in [2.05, 4.69) is 16.0 Å². The van der Waals surface area contributed by atoms with E-state index in [-0.39, 0.29) is 18.3 Å². The monoisotopic (exact) mass is 478 g/mol. The summed E-state index contributed by atoms with van der Waals surface area (Å²) < 4.78 is 0. The van der Waals surface area contributed by atoms with Crippen LogP contribution in [0.15, 0.2) is 30.3 Å². The molecule has 1 aromatic rings. The standard InChI is InChI=1S/C23H34N4O7/c1-12(2)18(24)21(31)27-19(13(3)4)22(32)25-15(10-14-8-6-5-7-9-14)20(30)26-16(23(33)34)11-17(28)29/h5-9,12-13,15-16,18-19H,10-11,24H2,1-4H3,(H,25,32)(H,26,30)(H,27,31)(H,28,29)(H,33,34). The number of carbonyl (C=O) groups excluding carboxylic acids is 3. The fraction of sp³-hybridized carbons (Fsp3) is 0.522. The first-order chi connectivity index (χ1) is 15.8. The largest absolute Gasteiger partial charge is 0.481 e. The average molecular weight is 479 g/mol. The Morgan fingerprint density at radius 3 is 1.82 bits per heavy atom. The Hall–Kier alpha value is -3.47. The summed E-state index contributed by atoms with van der Waals surface area (Å²) in [5.41, 5.74) is 6.55. The lowest BCUT2D eigenvalue weighted by Gasteiger charge is -2.27. The molecule has 0 heterocycles. The van der Waals surface area contributed by atoms with Crippen molar-refractivity contribution < 1.29 is 34.2 Å². The number of carbonyl (C=O) groups is 5. The Morgan fingerprint density at radius 2 is 1.35 bits per heavy atom. The predicted octanol–water partition coefficient (Wildman–Crippen LogP) is -0.118. The molecule has 0 saturated carbocycles. The topological polar surface area (TPSA) is 188 Å². The summed E-state index contributed by atoms with van der Waals surface area (Å²) in [5.74, 6) is -5.45. The fourth-order valence-corrected chi connectivity index (χ4v) is 3.05. The smallest absolute Gasteiger partial charge is 0.326 e. The van der Waals surface area contributed by atoms with Crippen LogP contribution in [0.2, 0.25) is 0 Å². The van der Waals surface area contributed by atoms with Gasteiger partial charge in [0.1, 0.15) is 18.1 Å². The van der Waals surface area contributed by atoms with Crippen LogP contribution >= 0.6 is 0 Å². The Morgan fingerprint density at radius 1 is 0.794 bits per heavy atom. The Balaban J connectivity index is 3.11. The number of hydrogen-bond donors (Lipinski definition) is 6. The van der Waals surface area contributed by atoms with Gasteiger partial charge < -0.3 is 31.9 Å². The maximum atomic E-state index is 13.1. The second-order valence-corrected chi connectivity index (χ2v) is 8.75. The van der Waals surface area contributed by atoms with E-state index in [1.807, 2.05) is 0 Å². The maximum absolute atomic E-state index is 13.1. The van der Waals surface area contributed by atoms with Gasteiger partial charge in [-0.3, -0.25) is 19.2 Å². The summed E-state index contributed by atoms with van der Waals surface area (Å²) >= 11 is 0. The van der Waals surface area contributed by atoms with Crippen LogP contribution in [-0.4, -0.2) is 64.0 Å². The molecule has 0 fully saturated rings. The van der Waals surface area contributed by atoms with Gasteiger partial charge in [-0.05, 0) is 17.4 Å². The van der Waals surface area contributed by atoms with Gasteiger partial charge in [-0.2, -0.15) is 0 Å². The molecular weight excluding hydrogens is 444 g/mol. The van der Waals surface area contributed by atoms with Crippen molar-refractivity contribution in [3.05, 3.63) is 35.9 Å². The SMILES string of the molecule is CC(C)C(N)C(=O)NC(C(=O)NC(Cc1ccccc1)C(=O)NC(CC(=O)O)C(=O)O)C(C)C. The van der Waals surface area contributed by atoms with E-state index in [0.29, 0.717) is 5.56 Å². The van der Waals surface area contributed by atoms with Crippen LogP contribution in [0.25, 0.3) is 0 Å². The van der Waals surface area contributed by atoms with Crippen molar-refractivity contribution in [2.75, 3.05) is 0 Å². The Kier molecular flexibility index (Phi) is 11.2. The molecule has 0 aliphatic rings. The zero-order chi connectivity index (χ0) is 26.0. The van der Waals surface area contributed by atoms with Gasteiger partial charge in [0.15, 0.2) is 0 Å². The van der Waals surface area contributed by atoms with Gasteiger partial charge in [-0.15, -0.1) is 0 Å². The van der Waals surface area contributed by atoms with Gasteiger partial charge in [-0.1, -0.05) is 58.0 Å². The van der Waals surface area contributed by atoms with E-state index >= 15 is 0 Å². The highest BCUT2D eigenvalue weighted by molar-refractivity contribution is 5.95.